The second-order valence-electron chi connectivity index (χ2n) is 7.74. The van der Waals surface area contributed by atoms with Crippen LogP contribution in [0.5, 0.6) is 0 Å². The summed E-state index contributed by atoms with van der Waals surface area (Å²) in [6.07, 6.45) is 6.56. The quantitative estimate of drug-likeness (QED) is 0.684. The maximum Gasteiger partial charge on any atom is 0.341 e. The zero-order valence-corrected chi connectivity index (χ0v) is 18.2. The third-order valence-electron chi connectivity index (χ3n) is 5.64. The lowest BCUT2D eigenvalue weighted by Crippen LogP contribution is -2.48. The molecule has 2 aromatic rings. The minimum absolute atomic E-state index is 0.0666. The fourth-order valence-electron chi connectivity index (χ4n) is 4.13. The van der Waals surface area contributed by atoms with Gasteiger partial charge in [0.05, 0.1) is 18.7 Å². The molecule has 1 aliphatic carbocycles. The number of fused-ring (bicyclic) bond motifs is 1. The Balaban J connectivity index is 1.31. The molecule has 0 aromatic carbocycles. The summed E-state index contributed by atoms with van der Waals surface area (Å²) in [4.78, 5) is 35.0. The van der Waals surface area contributed by atoms with Crippen LogP contribution in [0.4, 0.5) is 5.00 Å². The average Bonchev–Trinajstić information content (AvgIpc) is 3.31. The van der Waals surface area contributed by atoms with Crippen molar-refractivity contribution in [3.8, 4) is 0 Å². The van der Waals surface area contributed by atoms with Crippen LogP contribution >= 0.6 is 11.3 Å². The number of amides is 1. The SMILES string of the molecule is CCOC(=O)c1c(NC(=O)CN2CCN(Cc3ccncc3)CC2)sc2c1CCC2. The van der Waals surface area contributed by atoms with Gasteiger partial charge in [-0.05, 0) is 49.4 Å². The molecule has 160 valence electrons. The van der Waals surface area contributed by atoms with E-state index in [4.69, 9.17) is 4.74 Å². The molecule has 0 atom stereocenters. The molecule has 0 saturated carbocycles. The summed E-state index contributed by atoms with van der Waals surface area (Å²) in [6, 6.07) is 4.08. The van der Waals surface area contributed by atoms with Gasteiger partial charge >= 0.3 is 5.97 Å². The lowest BCUT2D eigenvalue weighted by atomic mass is 10.1. The molecule has 0 spiro atoms. The number of aromatic nitrogens is 1. The van der Waals surface area contributed by atoms with Crippen molar-refractivity contribution in [2.24, 2.45) is 0 Å². The van der Waals surface area contributed by atoms with Crippen LogP contribution in [0.2, 0.25) is 0 Å². The van der Waals surface area contributed by atoms with E-state index >= 15 is 0 Å². The van der Waals surface area contributed by atoms with Gasteiger partial charge < -0.3 is 10.1 Å². The first-order valence-corrected chi connectivity index (χ1v) is 11.4. The predicted molar refractivity (Wildman–Crippen MR) is 117 cm³/mol. The zero-order chi connectivity index (χ0) is 20.9. The van der Waals surface area contributed by atoms with E-state index in [0.29, 0.717) is 23.7 Å². The number of thiophene rings is 1. The van der Waals surface area contributed by atoms with Crippen LogP contribution in [0.1, 0.15) is 39.7 Å². The summed E-state index contributed by atoms with van der Waals surface area (Å²) < 4.78 is 5.24. The van der Waals surface area contributed by atoms with E-state index in [1.54, 1.807) is 6.92 Å². The maximum atomic E-state index is 12.7. The highest BCUT2D eigenvalue weighted by atomic mass is 32.1. The Labute approximate surface area is 181 Å². The molecule has 0 bridgehead atoms. The van der Waals surface area contributed by atoms with Gasteiger partial charge in [-0.3, -0.25) is 19.6 Å². The number of ether oxygens (including phenoxy) is 1. The standard InChI is InChI=1S/C22H28N4O3S/c1-2-29-22(28)20-17-4-3-5-18(17)30-21(20)24-19(27)15-26-12-10-25(11-13-26)14-16-6-8-23-9-7-16/h6-9H,2-5,10-15H2,1H3,(H,24,27). The van der Waals surface area contributed by atoms with E-state index in [2.05, 4.69) is 20.1 Å². The van der Waals surface area contributed by atoms with Crippen LogP contribution in [0.3, 0.4) is 0 Å². The molecule has 2 aliphatic rings. The largest absolute Gasteiger partial charge is 0.462 e. The van der Waals surface area contributed by atoms with Crippen LogP contribution in [0.15, 0.2) is 24.5 Å². The summed E-state index contributed by atoms with van der Waals surface area (Å²) in [5, 5.41) is 3.65. The number of hydrogen-bond acceptors (Lipinski definition) is 7. The number of rotatable bonds is 7. The smallest absolute Gasteiger partial charge is 0.341 e. The topological polar surface area (TPSA) is 74.8 Å². The molecule has 30 heavy (non-hydrogen) atoms. The zero-order valence-electron chi connectivity index (χ0n) is 17.4. The molecule has 4 rings (SSSR count). The van der Waals surface area contributed by atoms with Gasteiger partial charge in [-0.15, -0.1) is 11.3 Å². The predicted octanol–water partition coefficient (Wildman–Crippen LogP) is 2.56. The lowest BCUT2D eigenvalue weighted by molar-refractivity contribution is -0.117. The summed E-state index contributed by atoms with van der Waals surface area (Å²) in [5.41, 5.74) is 2.90. The Morgan fingerprint density at radius 3 is 2.60 bits per heavy atom. The van der Waals surface area contributed by atoms with Gasteiger partial charge in [0, 0.05) is 50.0 Å². The van der Waals surface area contributed by atoms with Crippen molar-refractivity contribution in [1.29, 1.82) is 0 Å². The minimum atomic E-state index is -0.322. The molecular weight excluding hydrogens is 400 g/mol. The molecule has 0 unspecified atom stereocenters. The van der Waals surface area contributed by atoms with Crippen LogP contribution in [-0.4, -0.2) is 66.0 Å². The maximum absolute atomic E-state index is 12.7. The summed E-state index contributed by atoms with van der Waals surface area (Å²) in [5.74, 6) is -0.389. The second-order valence-corrected chi connectivity index (χ2v) is 8.84. The number of carbonyl (C=O) groups is 2. The molecule has 3 heterocycles. The molecule has 1 aliphatic heterocycles. The Morgan fingerprint density at radius 1 is 1.13 bits per heavy atom. The molecule has 1 fully saturated rings. The van der Waals surface area contributed by atoms with Gasteiger partial charge in [0.15, 0.2) is 0 Å². The first-order valence-electron chi connectivity index (χ1n) is 10.6. The number of esters is 1. The van der Waals surface area contributed by atoms with Crippen molar-refractivity contribution in [3.63, 3.8) is 0 Å². The number of nitrogens with zero attached hydrogens (tertiary/aromatic N) is 3. The number of piperazine rings is 1. The highest BCUT2D eigenvalue weighted by Gasteiger charge is 2.28. The van der Waals surface area contributed by atoms with Crippen molar-refractivity contribution in [2.45, 2.75) is 32.7 Å². The number of hydrogen-bond donors (Lipinski definition) is 1. The molecule has 2 aromatic heterocycles. The molecule has 1 amide bonds. The fraction of sp³-hybridized carbons (Fsp3) is 0.500. The van der Waals surface area contributed by atoms with E-state index in [9.17, 15) is 9.59 Å². The van der Waals surface area contributed by atoms with Crippen molar-refractivity contribution in [3.05, 3.63) is 46.1 Å². The molecule has 8 heteroatoms. The number of aryl methyl sites for hydroxylation is 1. The fourth-order valence-corrected chi connectivity index (χ4v) is 5.43. The summed E-state index contributed by atoms with van der Waals surface area (Å²) >= 11 is 1.53. The van der Waals surface area contributed by atoms with Crippen LogP contribution < -0.4 is 5.32 Å². The van der Waals surface area contributed by atoms with Gasteiger partial charge in [-0.25, -0.2) is 4.79 Å². The van der Waals surface area contributed by atoms with E-state index < -0.39 is 0 Å². The van der Waals surface area contributed by atoms with Crippen molar-refractivity contribution < 1.29 is 14.3 Å². The van der Waals surface area contributed by atoms with Gasteiger partial charge in [0.1, 0.15) is 5.00 Å². The first-order chi connectivity index (χ1) is 14.6. The summed E-state index contributed by atoms with van der Waals surface area (Å²) in [7, 11) is 0. The van der Waals surface area contributed by atoms with Gasteiger partial charge in [0.2, 0.25) is 5.91 Å². The monoisotopic (exact) mass is 428 g/mol. The molecular formula is C22H28N4O3S. The lowest BCUT2D eigenvalue weighted by Gasteiger charge is -2.34. The van der Waals surface area contributed by atoms with Crippen LogP contribution in [0, 0.1) is 0 Å². The highest BCUT2D eigenvalue weighted by Crippen LogP contribution is 2.39. The van der Waals surface area contributed by atoms with Crippen molar-refractivity contribution in [1.82, 2.24) is 14.8 Å². The Bertz CT molecular complexity index is 891. The van der Waals surface area contributed by atoms with Crippen molar-refractivity contribution >= 4 is 28.2 Å². The Morgan fingerprint density at radius 2 is 1.87 bits per heavy atom. The summed E-state index contributed by atoms with van der Waals surface area (Å²) in [6.45, 7) is 6.94. The molecule has 7 nitrogen and oxygen atoms in total. The Hall–Kier alpha value is -2.29. The number of anilines is 1. The second kappa shape index (κ2) is 9.68. The number of nitrogens with one attached hydrogen (secondary N) is 1. The third-order valence-corrected chi connectivity index (χ3v) is 6.85. The normalized spacial score (nSPS) is 17.0. The minimum Gasteiger partial charge on any atom is -0.462 e. The highest BCUT2D eigenvalue weighted by molar-refractivity contribution is 7.17. The van der Waals surface area contributed by atoms with Crippen molar-refractivity contribution in [2.75, 3.05) is 44.6 Å². The van der Waals surface area contributed by atoms with E-state index in [-0.39, 0.29) is 11.9 Å². The van der Waals surface area contributed by atoms with E-state index in [1.807, 2.05) is 24.5 Å². The molecule has 0 radical (unpaired) electrons. The first kappa shape index (κ1) is 21.0. The van der Waals surface area contributed by atoms with Gasteiger partial charge in [0.25, 0.3) is 0 Å². The van der Waals surface area contributed by atoms with E-state index in [1.165, 1.54) is 21.8 Å². The number of carbonyl (C=O) groups excluding carboxylic acids is 2. The average molecular weight is 429 g/mol. The van der Waals surface area contributed by atoms with Gasteiger partial charge in [-0.1, -0.05) is 0 Å². The molecule has 1 saturated heterocycles. The van der Waals surface area contributed by atoms with Gasteiger partial charge in [-0.2, -0.15) is 0 Å². The van der Waals surface area contributed by atoms with Crippen LogP contribution in [0.25, 0.3) is 0 Å². The number of pyridine rings is 1. The Kier molecular flexibility index (Phi) is 6.76. The van der Waals surface area contributed by atoms with E-state index in [0.717, 1.165) is 57.5 Å². The van der Waals surface area contributed by atoms with Crippen LogP contribution in [-0.2, 0) is 28.9 Å². The molecule has 1 N–H and O–H groups in total. The third kappa shape index (κ3) is 4.88.